The van der Waals surface area contributed by atoms with Gasteiger partial charge in [-0.05, 0) is 5.56 Å². The lowest BCUT2D eigenvalue weighted by Gasteiger charge is -2.26. The molecular weight excluding hydrogens is 325 g/mol. The standard InChI is InChI=1S/C15H23N3O2.2ClH/c16-14(13-4-2-1-3-5-13)12-15(19)17-6-7-18-8-10-20-11-9-18;;/h1-5,14H,6-12,16H2,(H,17,19);2*1H. The molecule has 1 aliphatic heterocycles. The van der Waals surface area contributed by atoms with Crippen LogP contribution in [0.25, 0.3) is 0 Å². The maximum Gasteiger partial charge on any atom is 0.221 e. The van der Waals surface area contributed by atoms with E-state index in [1.165, 1.54) is 0 Å². The van der Waals surface area contributed by atoms with Gasteiger partial charge >= 0.3 is 0 Å². The summed E-state index contributed by atoms with van der Waals surface area (Å²) in [5, 5.41) is 2.93. The van der Waals surface area contributed by atoms with Crippen molar-refractivity contribution in [2.75, 3.05) is 39.4 Å². The van der Waals surface area contributed by atoms with E-state index in [-0.39, 0.29) is 36.8 Å². The molecule has 1 amide bonds. The SMILES string of the molecule is Cl.Cl.NC(CC(=O)NCCN1CCOCC1)c1ccccc1. The number of amides is 1. The van der Waals surface area contributed by atoms with Crippen molar-refractivity contribution < 1.29 is 9.53 Å². The molecule has 0 radical (unpaired) electrons. The third-order valence-corrected chi connectivity index (χ3v) is 3.49. The quantitative estimate of drug-likeness (QED) is 0.813. The van der Waals surface area contributed by atoms with Crippen molar-refractivity contribution in [3.8, 4) is 0 Å². The van der Waals surface area contributed by atoms with Gasteiger partial charge < -0.3 is 15.8 Å². The van der Waals surface area contributed by atoms with Crippen LogP contribution in [0, 0.1) is 0 Å². The van der Waals surface area contributed by atoms with Crippen LogP contribution in [0.1, 0.15) is 18.0 Å². The van der Waals surface area contributed by atoms with Gasteiger partial charge in [-0.15, -0.1) is 24.8 Å². The first-order valence-corrected chi connectivity index (χ1v) is 7.13. The van der Waals surface area contributed by atoms with Crippen LogP contribution in [-0.4, -0.2) is 50.2 Å². The summed E-state index contributed by atoms with van der Waals surface area (Å²) in [6.45, 7) is 4.99. The van der Waals surface area contributed by atoms with E-state index >= 15 is 0 Å². The molecule has 0 spiro atoms. The first-order valence-electron chi connectivity index (χ1n) is 7.13. The number of carbonyl (C=O) groups excluding carboxylic acids is 1. The van der Waals surface area contributed by atoms with Crippen molar-refractivity contribution in [3.63, 3.8) is 0 Å². The third kappa shape index (κ3) is 7.42. The monoisotopic (exact) mass is 349 g/mol. The predicted molar refractivity (Wildman–Crippen MR) is 92.8 cm³/mol. The average Bonchev–Trinajstić information content (AvgIpc) is 2.49. The van der Waals surface area contributed by atoms with Crippen LogP contribution in [-0.2, 0) is 9.53 Å². The number of halogens is 2. The molecule has 126 valence electrons. The highest BCUT2D eigenvalue weighted by Crippen LogP contribution is 2.12. The zero-order valence-electron chi connectivity index (χ0n) is 12.6. The second kappa shape index (κ2) is 11.7. The molecule has 7 heteroatoms. The number of nitrogens with zero attached hydrogens (tertiary/aromatic N) is 1. The van der Waals surface area contributed by atoms with Crippen molar-refractivity contribution in [3.05, 3.63) is 35.9 Å². The van der Waals surface area contributed by atoms with Crippen molar-refractivity contribution in [1.29, 1.82) is 0 Å². The zero-order chi connectivity index (χ0) is 14.2. The van der Waals surface area contributed by atoms with Gasteiger partial charge in [-0.1, -0.05) is 30.3 Å². The Kier molecular flexibility index (Phi) is 11.2. The average molecular weight is 350 g/mol. The normalized spacial score (nSPS) is 16.0. The van der Waals surface area contributed by atoms with Gasteiger partial charge in [0.05, 0.1) is 13.2 Å². The molecule has 0 aliphatic carbocycles. The lowest BCUT2D eigenvalue weighted by atomic mass is 10.0. The molecule has 1 fully saturated rings. The van der Waals surface area contributed by atoms with Crippen LogP contribution >= 0.6 is 24.8 Å². The third-order valence-electron chi connectivity index (χ3n) is 3.49. The van der Waals surface area contributed by atoms with Gasteiger partial charge in [0.1, 0.15) is 0 Å². The fraction of sp³-hybridized carbons (Fsp3) is 0.533. The van der Waals surface area contributed by atoms with Crippen LogP contribution in [0.2, 0.25) is 0 Å². The van der Waals surface area contributed by atoms with Crippen molar-refractivity contribution in [1.82, 2.24) is 10.2 Å². The number of carbonyl (C=O) groups is 1. The lowest BCUT2D eigenvalue weighted by Crippen LogP contribution is -2.41. The number of hydrogen-bond acceptors (Lipinski definition) is 4. The van der Waals surface area contributed by atoms with Crippen LogP contribution in [0.5, 0.6) is 0 Å². The van der Waals surface area contributed by atoms with Gasteiger partial charge in [-0.25, -0.2) is 0 Å². The lowest BCUT2D eigenvalue weighted by molar-refractivity contribution is -0.121. The highest BCUT2D eigenvalue weighted by molar-refractivity contribution is 5.85. The summed E-state index contributed by atoms with van der Waals surface area (Å²) in [6.07, 6.45) is 0.327. The minimum Gasteiger partial charge on any atom is -0.379 e. The number of ether oxygens (including phenoxy) is 1. The molecule has 5 nitrogen and oxygen atoms in total. The fourth-order valence-electron chi connectivity index (χ4n) is 2.27. The van der Waals surface area contributed by atoms with Crippen LogP contribution < -0.4 is 11.1 Å². The highest BCUT2D eigenvalue weighted by atomic mass is 35.5. The Hall–Kier alpha value is -0.850. The molecule has 1 aromatic rings. The molecule has 1 aliphatic rings. The number of benzene rings is 1. The topological polar surface area (TPSA) is 67.6 Å². The van der Waals surface area contributed by atoms with E-state index in [1.807, 2.05) is 30.3 Å². The Bertz CT molecular complexity index is 415. The molecule has 2 rings (SSSR count). The highest BCUT2D eigenvalue weighted by Gasteiger charge is 2.13. The van der Waals surface area contributed by atoms with E-state index in [0.717, 1.165) is 38.4 Å². The Morgan fingerprint density at radius 1 is 1.23 bits per heavy atom. The summed E-state index contributed by atoms with van der Waals surface area (Å²) in [5.74, 6) is 0.00890. The van der Waals surface area contributed by atoms with E-state index in [9.17, 15) is 4.79 Å². The smallest absolute Gasteiger partial charge is 0.221 e. The summed E-state index contributed by atoms with van der Waals surface area (Å²) < 4.78 is 5.28. The van der Waals surface area contributed by atoms with E-state index in [4.69, 9.17) is 10.5 Å². The molecule has 0 saturated carbocycles. The van der Waals surface area contributed by atoms with Crippen LogP contribution in [0.15, 0.2) is 30.3 Å². The zero-order valence-corrected chi connectivity index (χ0v) is 14.2. The van der Waals surface area contributed by atoms with E-state index < -0.39 is 0 Å². The Morgan fingerprint density at radius 2 is 1.86 bits per heavy atom. The van der Waals surface area contributed by atoms with Gasteiger partial charge in [-0.3, -0.25) is 9.69 Å². The molecule has 0 aromatic heterocycles. The number of rotatable bonds is 6. The Morgan fingerprint density at radius 3 is 2.50 bits per heavy atom. The number of nitrogens with one attached hydrogen (secondary N) is 1. The second-order valence-electron chi connectivity index (χ2n) is 5.03. The van der Waals surface area contributed by atoms with Gasteiger partial charge in [0.15, 0.2) is 0 Å². The molecule has 1 atom stereocenters. The molecule has 22 heavy (non-hydrogen) atoms. The van der Waals surface area contributed by atoms with Gasteiger partial charge in [-0.2, -0.15) is 0 Å². The molecule has 1 unspecified atom stereocenters. The number of morpholine rings is 1. The summed E-state index contributed by atoms with van der Waals surface area (Å²) in [5.41, 5.74) is 7.02. The fourth-order valence-corrected chi connectivity index (χ4v) is 2.27. The molecule has 1 heterocycles. The second-order valence-corrected chi connectivity index (χ2v) is 5.03. The molecule has 3 N–H and O–H groups in total. The molecular formula is C15H25Cl2N3O2. The summed E-state index contributed by atoms with van der Waals surface area (Å²) >= 11 is 0. The van der Waals surface area contributed by atoms with E-state index in [0.29, 0.717) is 13.0 Å². The van der Waals surface area contributed by atoms with E-state index in [2.05, 4.69) is 10.2 Å². The summed E-state index contributed by atoms with van der Waals surface area (Å²) in [4.78, 5) is 14.1. The Labute approximate surface area is 144 Å². The predicted octanol–water partition coefficient (Wildman–Crippen LogP) is 1.37. The molecule has 0 bridgehead atoms. The summed E-state index contributed by atoms with van der Waals surface area (Å²) in [6, 6.07) is 9.48. The maximum absolute atomic E-state index is 11.8. The Balaban J connectivity index is 0.00000220. The van der Waals surface area contributed by atoms with Crippen LogP contribution in [0.3, 0.4) is 0 Å². The minimum absolute atomic E-state index is 0. The molecule has 1 aromatic carbocycles. The van der Waals surface area contributed by atoms with Gasteiger partial charge in [0.25, 0.3) is 0 Å². The minimum atomic E-state index is -0.236. The van der Waals surface area contributed by atoms with Crippen molar-refractivity contribution >= 4 is 30.7 Å². The largest absolute Gasteiger partial charge is 0.379 e. The summed E-state index contributed by atoms with van der Waals surface area (Å²) in [7, 11) is 0. The molecule has 1 saturated heterocycles. The van der Waals surface area contributed by atoms with Crippen molar-refractivity contribution in [2.45, 2.75) is 12.5 Å². The maximum atomic E-state index is 11.8. The number of hydrogen-bond donors (Lipinski definition) is 2. The van der Waals surface area contributed by atoms with Crippen molar-refractivity contribution in [2.24, 2.45) is 5.73 Å². The van der Waals surface area contributed by atoms with Gasteiger partial charge in [0.2, 0.25) is 5.91 Å². The number of nitrogens with two attached hydrogens (primary N) is 1. The van der Waals surface area contributed by atoms with Gasteiger partial charge in [0, 0.05) is 38.6 Å². The first-order chi connectivity index (χ1) is 9.75. The van der Waals surface area contributed by atoms with Crippen LogP contribution in [0.4, 0.5) is 0 Å². The first kappa shape index (κ1) is 21.1. The van der Waals surface area contributed by atoms with E-state index in [1.54, 1.807) is 0 Å².